The van der Waals surface area contributed by atoms with Gasteiger partial charge < -0.3 is 21.7 Å². The number of hydrogen-bond donors (Lipinski definition) is 4. The number of nitrogens with one attached hydrogen (secondary N) is 3. The molecule has 0 aromatic heterocycles. The Balaban J connectivity index is 2.61. The number of rotatable bonds is 7. The van der Waals surface area contributed by atoms with Gasteiger partial charge in [0.25, 0.3) is 5.91 Å². The average Bonchev–Trinajstić information content (AvgIpc) is 2.53. The fourth-order valence-corrected chi connectivity index (χ4v) is 1.99. The lowest BCUT2D eigenvalue weighted by atomic mass is 10.1. The van der Waals surface area contributed by atoms with Crippen LogP contribution in [-0.4, -0.2) is 36.9 Å². The van der Waals surface area contributed by atoms with Gasteiger partial charge in [-0.1, -0.05) is 13.8 Å². The second-order valence-electron chi connectivity index (χ2n) is 5.92. The van der Waals surface area contributed by atoms with Crippen molar-refractivity contribution in [1.82, 2.24) is 10.6 Å². The maximum atomic E-state index is 11.9. The van der Waals surface area contributed by atoms with Gasteiger partial charge in [0.05, 0.1) is 12.6 Å². The van der Waals surface area contributed by atoms with E-state index in [0.29, 0.717) is 17.8 Å². The summed E-state index contributed by atoms with van der Waals surface area (Å²) in [6.07, 6.45) is 0. The largest absolute Gasteiger partial charge is 0.352 e. The summed E-state index contributed by atoms with van der Waals surface area (Å²) in [5, 5.41) is 7.93. The normalized spacial score (nSPS) is 11.8. The average molecular weight is 334 g/mol. The molecule has 1 atom stereocenters. The number of benzene rings is 1. The van der Waals surface area contributed by atoms with Crippen LogP contribution in [0.25, 0.3) is 0 Å². The maximum Gasteiger partial charge on any atom is 0.251 e. The Hall–Kier alpha value is -2.41. The third-order valence-corrected chi connectivity index (χ3v) is 3.54. The zero-order valence-electron chi connectivity index (χ0n) is 14.6. The van der Waals surface area contributed by atoms with Crippen molar-refractivity contribution in [1.29, 1.82) is 0 Å². The summed E-state index contributed by atoms with van der Waals surface area (Å²) in [4.78, 5) is 35.4. The number of hydrogen-bond acceptors (Lipinski definition) is 4. The predicted molar refractivity (Wildman–Crippen MR) is 93.6 cm³/mol. The molecule has 1 rings (SSSR count). The van der Waals surface area contributed by atoms with E-state index in [1.807, 2.05) is 20.8 Å². The molecule has 0 aliphatic carbocycles. The predicted octanol–water partition coefficient (Wildman–Crippen LogP) is 0.783. The molecule has 0 saturated heterocycles. The minimum atomic E-state index is -0.643. The van der Waals surface area contributed by atoms with E-state index < -0.39 is 6.04 Å². The lowest BCUT2D eigenvalue weighted by molar-refractivity contribution is -0.125. The Labute approximate surface area is 142 Å². The molecule has 0 saturated carbocycles. The zero-order chi connectivity index (χ0) is 18.3. The van der Waals surface area contributed by atoms with Crippen molar-refractivity contribution in [2.45, 2.75) is 33.7 Å². The second-order valence-corrected chi connectivity index (χ2v) is 5.92. The number of nitrogens with two attached hydrogens (primary N) is 1. The van der Waals surface area contributed by atoms with Gasteiger partial charge in [-0.05, 0) is 43.5 Å². The van der Waals surface area contributed by atoms with Crippen LogP contribution < -0.4 is 21.7 Å². The van der Waals surface area contributed by atoms with Crippen LogP contribution in [0.1, 0.15) is 36.7 Å². The summed E-state index contributed by atoms with van der Waals surface area (Å²) in [7, 11) is 0. The molecule has 0 fully saturated rings. The fourth-order valence-electron chi connectivity index (χ4n) is 1.99. The summed E-state index contributed by atoms with van der Waals surface area (Å²) >= 11 is 0. The van der Waals surface area contributed by atoms with Gasteiger partial charge in [0, 0.05) is 17.8 Å². The molecule has 0 aliphatic rings. The molecule has 0 unspecified atom stereocenters. The highest BCUT2D eigenvalue weighted by Gasteiger charge is 2.17. The minimum Gasteiger partial charge on any atom is -0.352 e. The monoisotopic (exact) mass is 334 g/mol. The topological polar surface area (TPSA) is 113 Å². The fraction of sp³-hybridized carbons (Fsp3) is 0.471. The Morgan fingerprint density at radius 3 is 2.38 bits per heavy atom. The van der Waals surface area contributed by atoms with Gasteiger partial charge in [0.2, 0.25) is 11.8 Å². The number of carbonyl (C=O) groups is 3. The molecule has 3 amide bonds. The Morgan fingerprint density at radius 2 is 1.83 bits per heavy atom. The molecule has 5 N–H and O–H groups in total. The quantitative estimate of drug-likeness (QED) is 0.590. The highest BCUT2D eigenvalue weighted by Crippen LogP contribution is 2.16. The lowest BCUT2D eigenvalue weighted by Crippen LogP contribution is -2.46. The number of anilines is 1. The van der Waals surface area contributed by atoms with Crippen molar-refractivity contribution >= 4 is 23.4 Å². The van der Waals surface area contributed by atoms with Crippen LogP contribution in [0, 0.1) is 12.8 Å². The number of carbonyl (C=O) groups excluding carboxylic acids is 3. The number of amides is 3. The van der Waals surface area contributed by atoms with Crippen LogP contribution in [0.4, 0.5) is 5.69 Å². The van der Waals surface area contributed by atoms with E-state index in [1.165, 1.54) is 0 Å². The van der Waals surface area contributed by atoms with Crippen LogP contribution in [0.15, 0.2) is 18.2 Å². The molecular weight excluding hydrogens is 308 g/mol. The van der Waals surface area contributed by atoms with Crippen LogP contribution >= 0.6 is 0 Å². The molecule has 0 radical (unpaired) electrons. The lowest BCUT2D eigenvalue weighted by Gasteiger charge is -2.15. The molecule has 0 spiro atoms. The van der Waals surface area contributed by atoms with Crippen molar-refractivity contribution in [3.8, 4) is 0 Å². The highest BCUT2D eigenvalue weighted by atomic mass is 16.2. The van der Waals surface area contributed by atoms with E-state index >= 15 is 0 Å². The Morgan fingerprint density at radius 1 is 1.17 bits per heavy atom. The van der Waals surface area contributed by atoms with Crippen molar-refractivity contribution < 1.29 is 14.4 Å². The van der Waals surface area contributed by atoms with Crippen LogP contribution in [0.3, 0.4) is 0 Å². The molecule has 0 aliphatic heterocycles. The number of aryl methyl sites for hydroxylation is 1. The summed E-state index contributed by atoms with van der Waals surface area (Å²) in [5.74, 6) is -0.873. The van der Waals surface area contributed by atoms with Gasteiger partial charge >= 0.3 is 0 Å². The van der Waals surface area contributed by atoms with E-state index in [2.05, 4.69) is 16.0 Å². The first kappa shape index (κ1) is 19.6. The SMILES string of the molecule is CCNC(=O)c1ccc(NC(=O)CNC(=O)[C@@H](N)C(C)C)c(C)c1. The maximum absolute atomic E-state index is 11.9. The van der Waals surface area contributed by atoms with Crippen molar-refractivity contribution in [3.63, 3.8) is 0 Å². The van der Waals surface area contributed by atoms with Gasteiger partial charge in [-0.2, -0.15) is 0 Å². The van der Waals surface area contributed by atoms with Crippen molar-refractivity contribution in [2.24, 2.45) is 11.7 Å². The molecule has 1 aromatic carbocycles. The van der Waals surface area contributed by atoms with Crippen molar-refractivity contribution in [2.75, 3.05) is 18.4 Å². The van der Waals surface area contributed by atoms with E-state index in [4.69, 9.17) is 5.73 Å². The zero-order valence-corrected chi connectivity index (χ0v) is 14.6. The molecule has 0 heterocycles. The van der Waals surface area contributed by atoms with Crippen LogP contribution in [-0.2, 0) is 9.59 Å². The van der Waals surface area contributed by atoms with Crippen molar-refractivity contribution in [3.05, 3.63) is 29.3 Å². The van der Waals surface area contributed by atoms with E-state index in [-0.39, 0.29) is 30.2 Å². The third-order valence-electron chi connectivity index (χ3n) is 3.54. The van der Waals surface area contributed by atoms with Gasteiger partial charge in [0.1, 0.15) is 0 Å². The summed E-state index contributed by atoms with van der Waals surface area (Å²) in [5.41, 5.74) is 7.60. The highest BCUT2D eigenvalue weighted by molar-refractivity contribution is 5.98. The summed E-state index contributed by atoms with van der Waals surface area (Å²) < 4.78 is 0. The minimum absolute atomic E-state index is 0.00267. The van der Waals surface area contributed by atoms with Gasteiger partial charge in [-0.3, -0.25) is 14.4 Å². The van der Waals surface area contributed by atoms with Gasteiger partial charge in [-0.25, -0.2) is 0 Å². The smallest absolute Gasteiger partial charge is 0.251 e. The van der Waals surface area contributed by atoms with E-state index in [9.17, 15) is 14.4 Å². The molecule has 7 nitrogen and oxygen atoms in total. The van der Waals surface area contributed by atoms with Crippen LogP contribution in [0.2, 0.25) is 0 Å². The molecule has 132 valence electrons. The molecule has 1 aromatic rings. The Bertz CT molecular complexity index is 614. The van der Waals surface area contributed by atoms with E-state index in [0.717, 1.165) is 5.56 Å². The van der Waals surface area contributed by atoms with Gasteiger partial charge in [0.15, 0.2) is 0 Å². The van der Waals surface area contributed by atoms with Crippen LogP contribution in [0.5, 0.6) is 0 Å². The molecule has 7 heteroatoms. The third kappa shape index (κ3) is 5.66. The molecule has 24 heavy (non-hydrogen) atoms. The summed E-state index contributed by atoms with van der Waals surface area (Å²) in [6, 6.07) is 4.37. The first-order valence-corrected chi connectivity index (χ1v) is 7.98. The first-order valence-electron chi connectivity index (χ1n) is 7.98. The first-order chi connectivity index (χ1) is 11.3. The standard InChI is InChI=1S/C17H26N4O3/c1-5-19-16(23)12-6-7-13(11(4)8-12)21-14(22)9-20-17(24)15(18)10(2)3/h6-8,10,15H,5,9,18H2,1-4H3,(H,19,23)(H,20,24)(H,21,22)/t15-/m0/s1. The second kappa shape index (κ2) is 9.02. The molecular formula is C17H26N4O3. The molecule has 0 bridgehead atoms. The Kier molecular flexibility index (Phi) is 7.38. The van der Waals surface area contributed by atoms with Gasteiger partial charge in [-0.15, -0.1) is 0 Å². The summed E-state index contributed by atoms with van der Waals surface area (Å²) in [6.45, 7) is 7.71. The van der Waals surface area contributed by atoms with E-state index in [1.54, 1.807) is 25.1 Å².